The molecule has 2 amide bonds. The number of rotatable bonds is 6. The summed E-state index contributed by atoms with van der Waals surface area (Å²) in [6, 6.07) is 3.13. The molecular formula is C19H24N6O5. The van der Waals surface area contributed by atoms with Gasteiger partial charge in [0.25, 0.3) is 11.8 Å². The maximum absolute atomic E-state index is 12.4. The van der Waals surface area contributed by atoms with Crippen molar-refractivity contribution in [2.45, 2.75) is 31.8 Å². The lowest BCUT2D eigenvalue weighted by atomic mass is 10.1. The number of aromatic nitrogens is 4. The highest BCUT2D eigenvalue weighted by Gasteiger charge is 2.33. The number of ether oxygens (including phenoxy) is 3. The Morgan fingerprint density at radius 3 is 2.03 bits per heavy atom. The lowest BCUT2D eigenvalue weighted by Crippen LogP contribution is -2.52. The SMILES string of the molecule is CC1(C)OCCO[C@H](CNC(=O)c2ccnnc2)[C@H](CNC(=O)c2ccnnc2)O1. The number of amides is 2. The van der Waals surface area contributed by atoms with Crippen LogP contribution in [0.1, 0.15) is 34.6 Å². The first-order valence-electron chi connectivity index (χ1n) is 9.48. The Morgan fingerprint density at radius 1 is 0.933 bits per heavy atom. The fourth-order valence-electron chi connectivity index (χ4n) is 2.87. The smallest absolute Gasteiger partial charge is 0.253 e. The predicted octanol–water partition coefficient (Wildman–Crippen LogP) is -0.0369. The van der Waals surface area contributed by atoms with Gasteiger partial charge >= 0.3 is 0 Å². The van der Waals surface area contributed by atoms with Crippen LogP contribution in [0.15, 0.2) is 36.9 Å². The second-order valence-corrected chi connectivity index (χ2v) is 7.00. The van der Waals surface area contributed by atoms with Gasteiger partial charge < -0.3 is 24.8 Å². The summed E-state index contributed by atoms with van der Waals surface area (Å²) in [4.78, 5) is 24.7. The lowest BCUT2D eigenvalue weighted by molar-refractivity contribution is -0.277. The molecule has 30 heavy (non-hydrogen) atoms. The van der Waals surface area contributed by atoms with Crippen molar-refractivity contribution in [3.63, 3.8) is 0 Å². The Bertz CT molecular complexity index is 836. The first-order chi connectivity index (χ1) is 14.4. The molecule has 1 aliphatic rings. The van der Waals surface area contributed by atoms with Crippen LogP contribution in [0, 0.1) is 0 Å². The Morgan fingerprint density at radius 2 is 1.50 bits per heavy atom. The molecular weight excluding hydrogens is 392 g/mol. The van der Waals surface area contributed by atoms with Gasteiger partial charge in [-0.25, -0.2) is 0 Å². The molecule has 3 heterocycles. The van der Waals surface area contributed by atoms with Crippen LogP contribution >= 0.6 is 0 Å². The van der Waals surface area contributed by atoms with Crippen LogP contribution in [0.4, 0.5) is 0 Å². The van der Waals surface area contributed by atoms with Gasteiger partial charge in [-0.3, -0.25) is 9.59 Å². The van der Waals surface area contributed by atoms with E-state index in [2.05, 4.69) is 31.0 Å². The van der Waals surface area contributed by atoms with Crippen molar-refractivity contribution in [2.75, 3.05) is 26.3 Å². The fourth-order valence-corrected chi connectivity index (χ4v) is 2.87. The Labute approximate surface area is 173 Å². The number of hydrogen-bond donors (Lipinski definition) is 2. The van der Waals surface area contributed by atoms with Crippen molar-refractivity contribution in [3.8, 4) is 0 Å². The van der Waals surface area contributed by atoms with Gasteiger partial charge in [-0.2, -0.15) is 20.4 Å². The maximum atomic E-state index is 12.4. The van der Waals surface area contributed by atoms with Crippen LogP contribution in [0.25, 0.3) is 0 Å². The maximum Gasteiger partial charge on any atom is 0.253 e. The molecule has 2 aromatic heterocycles. The molecule has 11 nitrogen and oxygen atoms in total. The average molecular weight is 416 g/mol. The van der Waals surface area contributed by atoms with E-state index in [4.69, 9.17) is 14.2 Å². The van der Waals surface area contributed by atoms with E-state index in [1.807, 2.05) is 0 Å². The molecule has 1 fully saturated rings. The van der Waals surface area contributed by atoms with E-state index in [0.29, 0.717) is 24.3 Å². The van der Waals surface area contributed by atoms with Gasteiger partial charge in [0.2, 0.25) is 0 Å². The topological polar surface area (TPSA) is 137 Å². The molecule has 0 saturated carbocycles. The molecule has 11 heteroatoms. The van der Waals surface area contributed by atoms with Crippen LogP contribution in [-0.4, -0.2) is 76.5 Å². The first-order valence-corrected chi connectivity index (χ1v) is 9.48. The van der Waals surface area contributed by atoms with Crippen molar-refractivity contribution in [1.82, 2.24) is 31.0 Å². The lowest BCUT2D eigenvalue weighted by Gasteiger charge is -2.37. The van der Waals surface area contributed by atoms with E-state index in [-0.39, 0.29) is 24.9 Å². The summed E-state index contributed by atoms with van der Waals surface area (Å²) in [6.07, 6.45) is 4.54. The van der Waals surface area contributed by atoms with E-state index < -0.39 is 18.0 Å². The van der Waals surface area contributed by atoms with Crippen LogP contribution in [-0.2, 0) is 14.2 Å². The molecule has 1 aliphatic heterocycles. The predicted molar refractivity (Wildman–Crippen MR) is 103 cm³/mol. The molecule has 0 aromatic carbocycles. The van der Waals surface area contributed by atoms with Gasteiger partial charge in [-0.15, -0.1) is 0 Å². The molecule has 2 atom stereocenters. The quantitative estimate of drug-likeness (QED) is 0.664. The Hall–Kier alpha value is -3.02. The number of carbonyl (C=O) groups is 2. The van der Waals surface area contributed by atoms with E-state index in [0.717, 1.165) is 0 Å². The summed E-state index contributed by atoms with van der Waals surface area (Å²) >= 11 is 0. The number of nitrogens with one attached hydrogen (secondary N) is 2. The molecule has 160 valence electrons. The van der Waals surface area contributed by atoms with Crippen LogP contribution < -0.4 is 10.6 Å². The van der Waals surface area contributed by atoms with Gasteiger partial charge in [-0.1, -0.05) is 0 Å². The highest BCUT2D eigenvalue weighted by molar-refractivity contribution is 5.94. The zero-order chi connectivity index (χ0) is 21.4. The largest absolute Gasteiger partial charge is 0.371 e. The first kappa shape index (κ1) is 21.7. The number of nitrogens with zero attached hydrogens (tertiary/aromatic N) is 4. The van der Waals surface area contributed by atoms with Crippen molar-refractivity contribution < 1.29 is 23.8 Å². The van der Waals surface area contributed by atoms with Crippen molar-refractivity contribution in [3.05, 3.63) is 48.0 Å². The summed E-state index contributed by atoms with van der Waals surface area (Å²) in [5.74, 6) is -1.51. The van der Waals surface area contributed by atoms with Crippen molar-refractivity contribution in [2.24, 2.45) is 0 Å². The van der Waals surface area contributed by atoms with Gasteiger partial charge in [0.05, 0.1) is 49.1 Å². The van der Waals surface area contributed by atoms with Crippen LogP contribution in [0.2, 0.25) is 0 Å². The molecule has 0 radical (unpaired) electrons. The molecule has 0 aliphatic carbocycles. The number of carbonyl (C=O) groups excluding carboxylic acids is 2. The fraction of sp³-hybridized carbons (Fsp3) is 0.474. The molecule has 2 aromatic rings. The van der Waals surface area contributed by atoms with Gasteiger partial charge in [-0.05, 0) is 26.0 Å². The van der Waals surface area contributed by atoms with E-state index >= 15 is 0 Å². The van der Waals surface area contributed by atoms with E-state index in [9.17, 15) is 9.59 Å². The molecule has 0 unspecified atom stereocenters. The average Bonchev–Trinajstić information content (AvgIpc) is 2.76. The standard InChI is InChI=1S/C19H24N6O5/c1-19(2)29-8-7-28-15(11-20-17(26)13-3-5-22-24-9-13)16(30-19)12-21-18(27)14-4-6-23-25-10-14/h3-6,9-10,15-16H,7-8,11-12H2,1-2H3,(H,20,26)(H,21,27)/t15-,16+/m1/s1. The highest BCUT2D eigenvalue weighted by Crippen LogP contribution is 2.20. The molecule has 2 N–H and O–H groups in total. The third kappa shape index (κ3) is 6.24. The molecule has 1 saturated heterocycles. The van der Waals surface area contributed by atoms with E-state index in [1.165, 1.54) is 24.8 Å². The minimum Gasteiger partial charge on any atom is -0.371 e. The van der Waals surface area contributed by atoms with Crippen LogP contribution in [0.3, 0.4) is 0 Å². The highest BCUT2D eigenvalue weighted by atomic mass is 16.7. The third-order valence-corrected chi connectivity index (χ3v) is 4.34. The molecule has 0 spiro atoms. The molecule has 0 bridgehead atoms. The zero-order valence-electron chi connectivity index (χ0n) is 16.8. The summed E-state index contributed by atoms with van der Waals surface area (Å²) in [7, 11) is 0. The zero-order valence-corrected chi connectivity index (χ0v) is 16.8. The summed E-state index contributed by atoms with van der Waals surface area (Å²) in [5.41, 5.74) is 0.762. The van der Waals surface area contributed by atoms with E-state index in [1.54, 1.807) is 26.0 Å². The summed E-state index contributed by atoms with van der Waals surface area (Å²) in [6.45, 7) is 4.56. The Balaban J connectivity index is 1.65. The van der Waals surface area contributed by atoms with Gasteiger partial charge in [0.1, 0.15) is 12.2 Å². The number of hydrogen-bond acceptors (Lipinski definition) is 9. The minimum atomic E-state index is -0.880. The minimum absolute atomic E-state index is 0.144. The van der Waals surface area contributed by atoms with Crippen LogP contribution in [0.5, 0.6) is 0 Å². The van der Waals surface area contributed by atoms with Gasteiger partial charge in [0.15, 0.2) is 5.79 Å². The monoisotopic (exact) mass is 416 g/mol. The van der Waals surface area contributed by atoms with Crippen molar-refractivity contribution >= 4 is 11.8 Å². The normalized spacial score (nSPS) is 21.1. The van der Waals surface area contributed by atoms with Gasteiger partial charge in [0, 0.05) is 13.1 Å². The van der Waals surface area contributed by atoms with Crippen molar-refractivity contribution in [1.29, 1.82) is 0 Å². The third-order valence-electron chi connectivity index (χ3n) is 4.34. The Kier molecular flexibility index (Phi) is 7.33. The second-order valence-electron chi connectivity index (χ2n) is 7.00. The summed E-state index contributed by atoms with van der Waals surface area (Å²) in [5, 5.41) is 20.3. The second kappa shape index (κ2) is 10.1. The molecule has 3 rings (SSSR count). The summed E-state index contributed by atoms with van der Waals surface area (Å²) < 4.78 is 17.6.